The van der Waals surface area contributed by atoms with Gasteiger partial charge in [0.15, 0.2) is 12.0 Å². The molecule has 0 saturated carbocycles. The van der Waals surface area contributed by atoms with Gasteiger partial charge in [0, 0.05) is 11.4 Å². The van der Waals surface area contributed by atoms with Crippen molar-refractivity contribution < 1.29 is 4.74 Å². The summed E-state index contributed by atoms with van der Waals surface area (Å²) in [4.78, 5) is 0.912. The normalized spacial score (nSPS) is 20.0. The lowest BCUT2D eigenvalue weighted by molar-refractivity contribution is 0.225. The van der Waals surface area contributed by atoms with Crippen LogP contribution in [0.5, 0.6) is 5.75 Å². The standard InChI is InChI=1S/C9H13N3OS/c1-4-2-5(10)9-8(7(4)12)13-6(11)3-14-9/h2,6H,3,10-12H2,1H3. The van der Waals surface area contributed by atoms with Crippen molar-refractivity contribution in [1.82, 2.24) is 0 Å². The molecule has 0 bridgehead atoms. The van der Waals surface area contributed by atoms with E-state index in [1.807, 2.05) is 13.0 Å². The van der Waals surface area contributed by atoms with Crippen LogP contribution in [-0.2, 0) is 0 Å². The molecule has 1 aromatic rings. The number of ether oxygens (including phenoxy) is 1. The van der Waals surface area contributed by atoms with Crippen molar-refractivity contribution in [3.63, 3.8) is 0 Å². The summed E-state index contributed by atoms with van der Waals surface area (Å²) in [6.45, 7) is 1.90. The predicted octanol–water partition coefficient (Wildman–Crippen LogP) is 0.929. The van der Waals surface area contributed by atoms with Gasteiger partial charge in [-0.2, -0.15) is 0 Å². The van der Waals surface area contributed by atoms with Crippen LogP contribution in [0.2, 0.25) is 0 Å². The number of nitrogens with two attached hydrogens (primary N) is 3. The molecule has 0 amide bonds. The first kappa shape index (κ1) is 9.48. The maximum Gasteiger partial charge on any atom is 0.160 e. The van der Waals surface area contributed by atoms with Crippen LogP contribution in [0.1, 0.15) is 5.56 Å². The third kappa shape index (κ3) is 1.38. The van der Waals surface area contributed by atoms with Crippen molar-refractivity contribution in [3.05, 3.63) is 11.6 Å². The van der Waals surface area contributed by atoms with E-state index in [0.29, 0.717) is 22.9 Å². The highest BCUT2D eigenvalue weighted by Crippen LogP contribution is 2.44. The lowest BCUT2D eigenvalue weighted by atomic mass is 10.1. The second kappa shape index (κ2) is 3.25. The number of rotatable bonds is 0. The van der Waals surface area contributed by atoms with Crippen LogP contribution in [0.4, 0.5) is 11.4 Å². The summed E-state index contributed by atoms with van der Waals surface area (Å²) in [6, 6.07) is 1.86. The summed E-state index contributed by atoms with van der Waals surface area (Å²) in [5.41, 5.74) is 19.7. The van der Waals surface area contributed by atoms with E-state index in [2.05, 4.69) is 0 Å². The molecule has 2 rings (SSSR count). The number of thioether (sulfide) groups is 1. The molecule has 76 valence electrons. The van der Waals surface area contributed by atoms with Crippen molar-refractivity contribution in [2.75, 3.05) is 17.2 Å². The molecule has 1 unspecified atom stereocenters. The zero-order valence-electron chi connectivity index (χ0n) is 7.91. The number of nitrogen functional groups attached to an aromatic ring is 2. The van der Waals surface area contributed by atoms with Gasteiger partial charge in [-0.1, -0.05) is 0 Å². The van der Waals surface area contributed by atoms with E-state index in [4.69, 9.17) is 21.9 Å². The Morgan fingerprint density at radius 1 is 1.50 bits per heavy atom. The fourth-order valence-electron chi connectivity index (χ4n) is 1.43. The number of anilines is 2. The average molecular weight is 211 g/mol. The summed E-state index contributed by atoms with van der Waals surface area (Å²) in [7, 11) is 0. The summed E-state index contributed by atoms with van der Waals surface area (Å²) < 4.78 is 5.48. The second-order valence-corrected chi connectivity index (χ2v) is 4.35. The Balaban J connectivity index is 2.57. The van der Waals surface area contributed by atoms with Crippen LogP contribution in [0.25, 0.3) is 0 Å². The fourth-order valence-corrected chi connectivity index (χ4v) is 2.34. The van der Waals surface area contributed by atoms with Crippen molar-refractivity contribution in [3.8, 4) is 5.75 Å². The molecule has 4 nitrogen and oxygen atoms in total. The molecule has 14 heavy (non-hydrogen) atoms. The molecule has 1 aromatic carbocycles. The Labute approximate surface area is 86.8 Å². The minimum Gasteiger partial charge on any atom is -0.471 e. The van der Waals surface area contributed by atoms with Gasteiger partial charge < -0.3 is 16.2 Å². The highest BCUT2D eigenvalue weighted by atomic mass is 32.2. The molecular formula is C9H13N3OS. The number of fused-ring (bicyclic) bond motifs is 1. The Morgan fingerprint density at radius 2 is 2.21 bits per heavy atom. The first-order valence-electron chi connectivity index (χ1n) is 4.33. The molecular weight excluding hydrogens is 198 g/mol. The summed E-state index contributed by atoms with van der Waals surface area (Å²) in [5.74, 6) is 1.35. The minimum atomic E-state index is -0.295. The van der Waals surface area contributed by atoms with E-state index in [0.717, 1.165) is 10.5 Å². The Morgan fingerprint density at radius 3 is 2.93 bits per heavy atom. The molecule has 0 aromatic heterocycles. The number of benzene rings is 1. The molecule has 0 radical (unpaired) electrons. The highest BCUT2D eigenvalue weighted by molar-refractivity contribution is 7.99. The van der Waals surface area contributed by atoms with E-state index in [1.54, 1.807) is 11.8 Å². The molecule has 1 aliphatic rings. The van der Waals surface area contributed by atoms with Gasteiger partial charge in [0.2, 0.25) is 0 Å². The van der Waals surface area contributed by atoms with Crippen molar-refractivity contribution in [1.29, 1.82) is 0 Å². The molecule has 1 heterocycles. The highest BCUT2D eigenvalue weighted by Gasteiger charge is 2.22. The molecule has 1 aliphatic heterocycles. The van der Waals surface area contributed by atoms with Gasteiger partial charge in [0.05, 0.1) is 10.6 Å². The number of hydrogen-bond acceptors (Lipinski definition) is 5. The van der Waals surface area contributed by atoms with Gasteiger partial charge in [-0.3, -0.25) is 5.73 Å². The van der Waals surface area contributed by atoms with Crippen LogP contribution < -0.4 is 21.9 Å². The molecule has 0 saturated heterocycles. The lowest BCUT2D eigenvalue weighted by Gasteiger charge is -2.25. The molecule has 0 aliphatic carbocycles. The first-order valence-corrected chi connectivity index (χ1v) is 5.31. The zero-order chi connectivity index (χ0) is 10.3. The molecule has 0 fully saturated rings. The Hall–Kier alpha value is -1.07. The zero-order valence-corrected chi connectivity index (χ0v) is 8.73. The van der Waals surface area contributed by atoms with Crippen LogP contribution in [-0.4, -0.2) is 12.0 Å². The van der Waals surface area contributed by atoms with Crippen LogP contribution in [0.15, 0.2) is 11.0 Å². The van der Waals surface area contributed by atoms with E-state index in [9.17, 15) is 0 Å². The lowest BCUT2D eigenvalue weighted by Crippen LogP contribution is -2.32. The largest absolute Gasteiger partial charge is 0.471 e. The first-order chi connectivity index (χ1) is 6.59. The average Bonchev–Trinajstić information content (AvgIpc) is 2.14. The Bertz CT molecular complexity index is 381. The molecule has 0 spiro atoms. The smallest absolute Gasteiger partial charge is 0.160 e. The molecule has 1 atom stereocenters. The third-order valence-electron chi connectivity index (χ3n) is 2.17. The summed E-state index contributed by atoms with van der Waals surface area (Å²) in [6.07, 6.45) is -0.295. The predicted molar refractivity (Wildman–Crippen MR) is 59.3 cm³/mol. The number of hydrogen-bond donors (Lipinski definition) is 3. The SMILES string of the molecule is Cc1cc(N)c2c(c1N)OC(N)CS2. The molecule has 5 heteroatoms. The van der Waals surface area contributed by atoms with Crippen LogP contribution in [0, 0.1) is 6.92 Å². The monoisotopic (exact) mass is 211 g/mol. The third-order valence-corrected chi connectivity index (χ3v) is 3.38. The van der Waals surface area contributed by atoms with Gasteiger partial charge >= 0.3 is 0 Å². The molecule has 6 N–H and O–H groups in total. The second-order valence-electron chi connectivity index (χ2n) is 3.32. The van der Waals surface area contributed by atoms with Crippen LogP contribution >= 0.6 is 11.8 Å². The maximum absolute atomic E-state index is 5.89. The van der Waals surface area contributed by atoms with Crippen LogP contribution in [0.3, 0.4) is 0 Å². The summed E-state index contributed by atoms with van der Waals surface area (Å²) in [5, 5.41) is 0. The van der Waals surface area contributed by atoms with Gasteiger partial charge in [-0.25, -0.2) is 0 Å². The van der Waals surface area contributed by atoms with Gasteiger partial charge in [-0.15, -0.1) is 11.8 Å². The minimum absolute atomic E-state index is 0.295. The van der Waals surface area contributed by atoms with E-state index >= 15 is 0 Å². The van der Waals surface area contributed by atoms with Gasteiger partial charge in [0.1, 0.15) is 0 Å². The topological polar surface area (TPSA) is 87.3 Å². The van der Waals surface area contributed by atoms with Crippen molar-refractivity contribution in [2.45, 2.75) is 18.0 Å². The van der Waals surface area contributed by atoms with E-state index in [1.165, 1.54) is 0 Å². The van der Waals surface area contributed by atoms with Crippen molar-refractivity contribution >= 4 is 23.1 Å². The number of aryl methyl sites for hydroxylation is 1. The van der Waals surface area contributed by atoms with E-state index < -0.39 is 0 Å². The quantitative estimate of drug-likeness (QED) is 0.556. The van der Waals surface area contributed by atoms with Gasteiger partial charge in [-0.05, 0) is 18.6 Å². The van der Waals surface area contributed by atoms with Crippen molar-refractivity contribution in [2.24, 2.45) is 5.73 Å². The fraction of sp³-hybridized carbons (Fsp3) is 0.333. The summed E-state index contributed by atoms with van der Waals surface area (Å²) >= 11 is 1.59. The Kier molecular flexibility index (Phi) is 2.20. The van der Waals surface area contributed by atoms with Gasteiger partial charge in [0.25, 0.3) is 0 Å². The maximum atomic E-state index is 5.89. The van der Waals surface area contributed by atoms with E-state index in [-0.39, 0.29) is 6.23 Å².